The number of carbonyl (C=O) groups excluding carboxylic acids is 1. The Kier molecular flexibility index (Phi) is 13.8. The molecule has 28 heavy (non-hydrogen) atoms. The maximum atomic E-state index is 12.2. The fraction of sp³-hybridized carbons (Fsp3) is 0.731. The monoisotopic (exact) mass is 388 g/mol. The summed E-state index contributed by atoms with van der Waals surface area (Å²) in [7, 11) is 0. The van der Waals surface area contributed by atoms with Crippen LogP contribution >= 0.6 is 0 Å². The lowest BCUT2D eigenvalue weighted by Gasteiger charge is -2.13. The van der Waals surface area contributed by atoms with E-state index >= 15 is 0 Å². The standard InChI is InChI=1S/C26H44O2/c1-5-6-7-8-9-10-11-12-13-14-15-16-17-18-26(27)28-25-21-23(4)19-20-24(25)22(2)3/h19-22H,5-18H2,1-4H3. The molecule has 0 aliphatic rings. The van der Waals surface area contributed by atoms with Crippen LogP contribution in [0.3, 0.4) is 0 Å². The van der Waals surface area contributed by atoms with Crippen molar-refractivity contribution in [1.29, 1.82) is 0 Å². The van der Waals surface area contributed by atoms with Crippen LogP contribution in [0.1, 0.15) is 128 Å². The SMILES string of the molecule is CCCCCCCCCCCCCCCC(=O)Oc1cc(C)ccc1C(C)C. The number of hydrogen-bond donors (Lipinski definition) is 0. The van der Waals surface area contributed by atoms with Crippen molar-refractivity contribution in [3.63, 3.8) is 0 Å². The van der Waals surface area contributed by atoms with Crippen molar-refractivity contribution < 1.29 is 9.53 Å². The highest BCUT2D eigenvalue weighted by atomic mass is 16.5. The van der Waals surface area contributed by atoms with Crippen molar-refractivity contribution in [1.82, 2.24) is 0 Å². The van der Waals surface area contributed by atoms with E-state index < -0.39 is 0 Å². The molecule has 1 rings (SSSR count). The number of ether oxygens (including phenoxy) is 1. The summed E-state index contributed by atoms with van der Waals surface area (Å²) in [6.07, 6.45) is 17.7. The highest BCUT2D eigenvalue weighted by molar-refractivity contribution is 5.72. The molecule has 0 spiro atoms. The second-order valence-corrected chi connectivity index (χ2v) is 8.66. The van der Waals surface area contributed by atoms with Crippen molar-refractivity contribution in [2.75, 3.05) is 0 Å². The van der Waals surface area contributed by atoms with Gasteiger partial charge in [-0.1, -0.05) is 110 Å². The van der Waals surface area contributed by atoms with Crippen LogP contribution in [0.15, 0.2) is 18.2 Å². The van der Waals surface area contributed by atoms with Gasteiger partial charge < -0.3 is 4.74 Å². The highest BCUT2D eigenvalue weighted by Crippen LogP contribution is 2.28. The Morgan fingerprint density at radius 3 is 1.82 bits per heavy atom. The Balaban J connectivity index is 2.04. The van der Waals surface area contributed by atoms with Crippen molar-refractivity contribution >= 4 is 5.97 Å². The molecule has 0 heterocycles. The number of hydrogen-bond acceptors (Lipinski definition) is 2. The van der Waals surface area contributed by atoms with Crippen LogP contribution in [0.25, 0.3) is 0 Å². The first-order valence-corrected chi connectivity index (χ1v) is 11.9. The van der Waals surface area contributed by atoms with Crippen molar-refractivity contribution in [2.45, 2.75) is 124 Å². The third-order valence-corrected chi connectivity index (χ3v) is 5.50. The molecule has 0 atom stereocenters. The second kappa shape index (κ2) is 15.6. The van der Waals surface area contributed by atoms with Gasteiger partial charge in [0.2, 0.25) is 0 Å². The van der Waals surface area contributed by atoms with E-state index in [0.717, 1.165) is 29.7 Å². The van der Waals surface area contributed by atoms with Crippen LogP contribution < -0.4 is 4.74 Å². The largest absolute Gasteiger partial charge is 0.426 e. The molecule has 2 heteroatoms. The second-order valence-electron chi connectivity index (χ2n) is 8.66. The molecule has 0 saturated heterocycles. The molecule has 0 bridgehead atoms. The summed E-state index contributed by atoms with van der Waals surface area (Å²) in [6.45, 7) is 8.58. The van der Waals surface area contributed by atoms with Crippen LogP contribution in [-0.4, -0.2) is 5.97 Å². The fourth-order valence-corrected chi connectivity index (χ4v) is 3.67. The lowest BCUT2D eigenvalue weighted by Crippen LogP contribution is -2.09. The van der Waals surface area contributed by atoms with Gasteiger partial charge in [0.1, 0.15) is 5.75 Å². The number of benzene rings is 1. The summed E-state index contributed by atoms with van der Waals surface area (Å²) >= 11 is 0. The van der Waals surface area contributed by atoms with E-state index in [4.69, 9.17) is 4.74 Å². The Hall–Kier alpha value is -1.31. The van der Waals surface area contributed by atoms with Crippen molar-refractivity contribution in [3.05, 3.63) is 29.3 Å². The number of carbonyl (C=O) groups is 1. The normalized spacial score (nSPS) is 11.2. The lowest BCUT2D eigenvalue weighted by atomic mass is 10.0. The Bertz CT molecular complexity index is 533. The molecule has 0 aliphatic heterocycles. The van der Waals surface area contributed by atoms with Crippen LogP contribution in [0.5, 0.6) is 5.75 Å². The summed E-state index contributed by atoms with van der Waals surface area (Å²) in [5.41, 5.74) is 2.25. The molecule has 0 fully saturated rings. The maximum absolute atomic E-state index is 12.2. The van der Waals surface area contributed by atoms with Crippen molar-refractivity contribution in [2.24, 2.45) is 0 Å². The fourth-order valence-electron chi connectivity index (χ4n) is 3.67. The van der Waals surface area contributed by atoms with Gasteiger partial charge in [0.05, 0.1) is 0 Å². The van der Waals surface area contributed by atoms with E-state index in [-0.39, 0.29) is 5.97 Å². The molecule has 0 radical (unpaired) electrons. The first-order valence-electron chi connectivity index (χ1n) is 11.9. The molecule has 160 valence electrons. The van der Waals surface area contributed by atoms with E-state index in [2.05, 4.69) is 32.9 Å². The highest BCUT2D eigenvalue weighted by Gasteiger charge is 2.12. The quantitative estimate of drug-likeness (QED) is 0.161. The number of esters is 1. The molecular weight excluding hydrogens is 344 g/mol. The zero-order valence-electron chi connectivity index (χ0n) is 19.0. The summed E-state index contributed by atoms with van der Waals surface area (Å²) < 4.78 is 5.66. The smallest absolute Gasteiger partial charge is 0.311 e. The maximum Gasteiger partial charge on any atom is 0.311 e. The topological polar surface area (TPSA) is 26.3 Å². The van der Waals surface area contributed by atoms with Crippen molar-refractivity contribution in [3.8, 4) is 5.75 Å². The molecule has 0 amide bonds. The average molecular weight is 389 g/mol. The molecule has 0 unspecified atom stereocenters. The summed E-state index contributed by atoms with van der Waals surface area (Å²) in [5.74, 6) is 1.02. The lowest BCUT2D eigenvalue weighted by molar-refractivity contribution is -0.134. The third kappa shape index (κ3) is 11.5. The number of unbranched alkanes of at least 4 members (excludes halogenated alkanes) is 12. The van der Waals surface area contributed by atoms with Gasteiger partial charge in [0.25, 0.3) is 0 Å². The van der Waals surface area contributed by atoms with Gasteiger partial charge in [0.15, 0.2) is 0 Å². The Morgan fingerprint density at radius 1 is 0.821 bits per heavy atom. The van der Waals surface area contributed by atoms with E-state index in [1.807, 2.05) is 13.0 Å². The van der Waals surface area contributed by atoms with Gasteiger partial charge >= 0.3 is 5.97 Å². The predicted molar refractivity (Wildman–Crippen MR) is 121 cm³/mol. The van der Waals surface area contributed by atoms with E-state index in [9.17, 15) is 4.79 Å². The number of rotatable bonds is 16. The molecule has 2 nitrogen and oxygen atoms in total. The first-order chi connectivity index (χ1) is 13.5. The molecule has 0 N–H and O–H groups in total. The molecule has 0 aliphatic carbocycles. The summed E-state index contributed by atoms with van der Waals surface area (Å²) in [4.78, 5) is 12.2. The van der Waals surface area contributed by atoms with Crippen LogP contribution in [-0.2, 0) is 4.79 Å². The van der Waals surface area contributed by atoms with Crippen LogP contribution in [0.4, 0.5) is 0 Å². The van der Waals surface area contributed by atoms with Gasteiger partial charge in [-0.2, -0.15) is 0 Å². The molecule has 0 aromatic heterocycles. The molecule has 0 saturated carbocycles. The minimum absolute atomic E-state index is 0.0874. The minimum atomic E-state index is -0.0874. The zero-order chi connectivity index (χ0) is 20.6. The Morgan fingerprint density at radius 2 is 1.32 bits per heavy atom. The van der Waals surface area contributed by atoms with Gasteiger partial charge in [-0.15, -0.1) is 0 Å². The third-order valence-electron chi connectivity index (χ3n) is 5.50. The summed E-state index contributed by atoms with van der Waals surface area (Å²) in [6, 6.07) is 6.14. The number of aryl methyl sites for hydroxylation is 1. The summed E-state index contributed by atoms with van der Waals surface area (Å²) in [5, 5.41) is 0. The average Bonchev–Trinajstić information content (AvgIpc) is 2.65. The van der Waals surface area contributed by atoms with Crippen LogP contribution in [0, 0.1) is 6.92 Å². The molecule has 1 aromatic carbocycles. The van der Waals surface area contributed by atoms with Crippen LogP contribution in [0.2, 0.25) is 0 Å². The van der Waals surface area contributed by atoms with Gasteiger partial charge in [-0.25, -0.2) is 0 Å². The molecular formula is C26H44O2. The van der Waals surface area contributed by atoms with Gasteiger partial charge in [0, 0.05) is 6.42 Å². The first kappa shape index (κ1) is 24.7. The van der Waals surface area contributed by atoms with Gasteiger partial charge in [-0.05, 0) is 36.5 Å². The van der Waals surface area contributed by atoms with E-state index in [1.165, 1.54) is 70.6 Å². The Labute approximate surface area is 174 Å². The zero-order valence-corrected chi connectivity index (χ0v) is 19.0. The van der Waals surface area contributed by atoms with E-state index in [0.29, 0.717) is 12.3 Å². The minimum Gasteiger partial charge on any atom is -0.426 e. The predicted octanol–water partition coefficient (Wildman–Crippen LogP) is 8.51. The van der Waals surface area contributed by atoms with E-state index in [1.54, 1.807) is 0 Å². The molecule has 1 aromatic rings. The van der Waals surface area contributed by atoms with Gasteiger partial charge in [-0.3, -0.25) is 4.79 Å².